The number of alkyl halides is 2. The minimum Gasteiger partial charge on any atom is -0.429 e. The molecule has 0 aromatic heterocycles. The van der Waals surface area contributed by atoms with E-state index in [2.05, 4.69) is 11.3 Å². The molecule has 38 heavy (non-hydrogen) atoms. The average molecular weight is 540 g/mol. The lowest BCUT2D eigenvalue weighted by Gasteiger charge is -2.26. The first-order valence-corrected chi connectivity index (χ1v) is 12.1. The third-order valence-corrected chi connectivity index (χ3v) is 6.95. The van der Waals surface area contributed by atoms with E-state index in [-0.39, 0.29) is 23.3 Å². The molecule has 0 atom stereocenters. The first kappa shape index (κ1) is 27.7. The first-order valence-electron chi connectivity index (χ1n) is 12.1. The number of hydrogen-bond acceptors (Lipinski definition) is 1. The van der Waals surface area contributed by atoms with Gasteiger partial charge in [0.05, 0.1) is 0 Å². The number of hydrogen-bond donors (Lipinski definition) is 0. The van der Waals surface area contributed by atoms with Crippen LogP contribution in [0.4, 0.5) is 35.1 Å². The van der Waals surface area contributed by atoms with Crippen LogP contribution in [0.1, 0.15) is 43.2 Å². The summed E-state index contributed by atoms with van der Waals surface area (Å²) < 4.78 is 117. The van der Waals surface area contributed by atoms with Crippen LogP contribution in [0.25, 0.3) is 11.1 Å². The first-order chi connectivity index (χ1) is 18.0. The molecule has 0 bridgehead atoms. The predicted octanol–water partition coefficient (Wildman–Crippen LogP) is 9.24. The van der Waals surface area contributed by atoms with Crippen LogP contribution in [0.3, 0.4) is 0 Å². The molecule has 4 rings (SSSR count). The monoisotopic (exact) mass is 540 g/mol. The number of benzene rings is 3. The zero-order chi connectivity index (χ0) is 27.6. The number of aryl methyl sites for hydroxylation is 1. The molecule has 0 amide bonds. The topological polar surface area (TPSA) is 9.23 Å². The molecule has 202 valence electrons. The molecule has 0 unspecified atom stereocenters. The highest BCUT2D eigenvalue weighted by Gasteiger charge is 2.41. The second kappa shape index (κ2) is 11.2. The van der Waals surface area contributed by atoms with E-state index in [1.165, 1.54) is 12.1 Å². The van der Waals surface area contributed by atoms with Crippen molar-refractivity contribution >= 4 is 0 Å². The van der Waals surface area contributed by atoms with Gasteiger partial charge in [-0.3, -0.25) is 0 Å². The summed E-state index contributed by atoms with van der Waals surface area (Å²) in [5.74, 6) is -10.0. The van der Waals surface area contributed by atoms with E-state index < -0.39 is 52.3 Å². The van der Waals surface area contributed by atoms with Crippen molar-refractivity contribution < 1.29 is 39.9 Å². The highest BCUT2D eigenvalue weighted by Crippen LogP contribution is 2.38. The molecule has 1 aliphatic carbocycles. The Morgan fingerprint density at radius 3 is 1.95 bits per heavy atom. The average Bonchev–Trinajstić information content (AvgIpc) is 2.85. The fraction of sp³-hybridized carbons (Fsp3) is 0.310. The Morgan fingerprint density at radius 2 is 1.39 bits per heavy atom. The van der Waals surface area contributed by atoms with Gasteiger partial charge in [0, 0.05) is 17.7 Å². The van der Waals surface area contributed by atoms with Crippen molar-refractivity contribution in [3.8, 4) is 16.9 Å². The van der Waals surface area contributed by atoms with Crippen molar-refractivity contribution in [3.63, 3.8) is 0 Å². The maximum atomic E-state index is 14.9. The lowest BCUT2D eigenvalue weighted by Crippen LogP contribution is -2.25. The van der Waals surface area contributed by atoms with Gasteiger partial charge in [0.15, 0.2) is 17.5 Å². The Bertz CT molecular complexity index is 1280. The second-order valence-corrected chi connectivity index (χ2v) is 9.50. The fourth-order valence-corrected chi connectivity index (χ4v) is 4.83. The van der Waals surface area contributed by atoms with Crippen LogP contribution < -0.4 is 4.74 Å². The number of ether oxygens (including phenoxy) is 1. The Hall–Kier alpha value is -3.36. The largest absolute Gasteiger partial charge is 0.432 e. The molecule has 0 spiro atoms. The molecule has 9 heteroatoms. The van der Waals surface area contributed by atoms with Crippen LogP contribution >= 0.6 is 0 Å². The zero-order valence-electron chi connectivity index (χ0n) is 20.2. The zero-order valence-corrected chi connectivity index (χ0v) is 20.2. The maximum absolute atomic E-state index is 14.9. The minimum absolute atomic E-state index is 0.111. The van der Waals surface area contributed by atoms with Crippen molar-refractivity contribution in [2.75, 3.05) is 0 Å². The summed E-state index contributed by atoms with van der Waals surface area (Å²) >= 11 is 0. The fourth-order valence-electron chi connectivity index (χ4n) is 4.83. The smallest absolute Gasteiger partial charge is 0.429 e. The van der Waals surface area contributed by atoms with E-state index in [0.717, 1.165) is 32.1 Å². The van der Waals surface area contributed by atoms with Crippen LogP contribution in [-0.4, -0.2) is 0 Å². The summed E-state index contributed by atoms with van der Waals surface area (Å²) in [4.78, 5) is 0. The Kier molecular flexibility index (Phi) is 8.13. The van der Waals surface area contributed by atoms with Gasteiger partial charge in [0.1, 0.15) is 28.8 Å². The number of allylic oxidation sites excluding steroid dienone is 1. The Labute approximate surface area is 214 Å². The molecule has 0 heterocycles. The molecule has 1 fully saturated rings. The molecular weight excluding hydrogens is 516 g/mol. The van der Waals surface area contributed by atoms with Gasteiger partial charge in [-0.1, -0.05) is 18.2 Å². The van der Waals surface area contributed by atoms with Crippen molar-refractivity contribution in [1.82, 2.24) is 0 Å². The molecular formula is C29H24F8O. The van der Waals surface area contributed by atoms with Gasteiger partial charge >= 0.3 is 6.11 Å². The molecule has 3 aromatic rings. The number of rotatable bonds is 8. The van der Waals surface area contributed by atoms with Gasteiger partial charge in [0.25, 0.3) is 0 Å². The van der Waals surface area contributed by atoms with Gasteiger partial charge in [-0.2, -0.15) is 8.78 Å². The van der Waals surface area contributed by atoms with E-state index in [4.69, 9.17) is 0 Å². The van der Waals surface area contributed by atoms with Crippen LogP contribution in [-0.2, 0) is 12.5 Å². The summed E-state index contributed by atoms with van der Waals surface area (Å²) in [6.45, 7) is 3.83. The van der Waals surface area contributed by atoms with Gasteiger partial charge in [-0.25, -0.2) is 26.3 Å². The molecule has 0 saturated heterocycles. The Balaban J connectivity index is 1.50. The van der Waals surface area contributed by atoms with E-state index in [1.807, 2.05) is 6.08 Å². The van der Waals surface area contributed by atoms with Gasteiger partial charge in [-0.05, 0) is 79.7 Å². The van der Waals surface area contributed by atoms with E-state index >= 15 is 0 Å². The summed E-state index contributed by atoms with van der Waals surface area (Å²) in [6, 6.07) is 5.44. The van der Waals surface area contributed by atoms with Crippen molar-refractivity contribution in [2.24, 2.45) is 11.8 Å². The summed E-state index contributed by atoms with van der Waals surface area (Å²) in [7, 11) is 0. The third kappa shape index (κ3) is 6.03. The molecule has 1 nitrogen and oxygen atoms in total. The number of halogens is 8. The van der Waals surface area contributed by atoms with Crippen molar-refractivity contribution in [3.05, 3.63) is 101 Å². The molecule has 1 aliphatic rings. The van der Waals surface area contributed by atoms with Crippen molar-refractivity contribution in [1.29, 1.82) is 0 Å². The quantitative estimate of drug-likeness (QED) is 0.157. The minimum atomic E-state index is -4.73. The highest BCUT2D eigenvalue weighted by molar-refractivity contribution is 5.65. The molecule has 0 radical (unpaired) electrons. The van der Waals surface area contributed by atoms with Gasteiger partial charge in [-0.15, -0.1) is 6.58 Å². The predicted molar refractivity (Wildman–Crippen MR) is 127 cm³/mol. The van der Waals surface area contributed by atoms with Crippen molar-refractivity contribution in [2.45, 2.75) is 44.6 Å². The normalized spacial score (nSPS) is 17.9. The maximum Gasteiger partial charge on any atom is 0.432 e. The molecule has 1 saturated carbocycles. The summed E-state index contributed by atoms with van der Waals surface area (Å²) in [6.07, 6.45) is 3.05. The van der Waals surface area contributed by atoms with Gasteiger partial charge < -0.3 is 4.74 Å². The van der Waals surface area contributed by atoms with Crippen LogP contribution in [0.15, 0.2) is 55.1 Å². The van der Waals surface area contributed by atoms with Gasteiger partial charge in [0.2, 0.25) is 0 Å². The van der Waals surface area contributed by atoms with Crippen LogP contribution in [0.2, 0.25) is 0 Å². The highest BCUT2D eigenvalue weighted by atomic mass is 19.3. The van der Waals surface area contributed by atoms with E-state index in [0.29, 0.717) is 36.0 Å². The standard InChI is InChI=1S/C29H24F8O/c1-2-16-3-5-17(6-4-16)7-8-18-9-10-21(22(30)11-18)19-12-23(31)27(24(32)13-19)29(36,37)38-20-14-25(33)28(35)26(34)15-20/h2,9-17H,1,3-8H2. The lowest BCUT2D eigenvalue weighted by atomic mass is 9.79. The summed E-state index contributed by atoms with van der Waals surface area (Å²) in [5, 5.41) is 0. The second-order valence-electron chi connectivity index (χ2n) is 9.50. The van der Waals surface area contributed by atoms with Crippen LogP contribution in [0, 0.1) is 46.7 Å². The SMILES string of the molecule is C=CC1CCC(CCc2ccc(-c3cc(F)c(C(F)(F)Oc4cc(F)c(F)c(F)c4)c(F)c3)c(F)c2)CC1. The van der Waals surface area contributed by atoms with E-state index in [9.17, 15) is 35.1 Å². The third-order valence-electron chi connectivity index (χ3n) is 6.95. The molecule has 3 aromatic carbocycles. The van der Waals surface area contributed by atoms with Crippen LogP contribution in [0.5, 0.6) is 5.75 Å². The summed E-state index contributed by atoms with van der Waals surface area (Å²) in [5.41, 5.74) is -1.68. The van der Waals surface area contributed by atoms with E-state index in [1.54, 1.807) is 6.07 Å². The Morgan fingerprint density at radius 1 is 0.789 bits per heavy atom. The molecule has 0 aliphatic heterocycles. The lowest BCUT2D eigenvalue weighted by molar-refractivity contribution is -0.189. The molecule has 0 N–H and O–H groups in total.